The van der Waals surface area contributed by atoms with Crippen LogP contribution >= 0.6 is 0 Å². The zero-order chi connectivity index (χ0) is 10.4. The summed E-state index contributed by atoms with van der Waals surface area (Å²) >= 11 is 0. The molecule has 1 rings (SSSR count). The van der Waals surface area contributed by atoms with Crippen LogP contribution in [0.25, 0.3) is 0 Å². The van der Waals surface area contributed by atoms with Gasteiger partial charge in [0.05, 0.1) is 11.9 Å². The van der Waals surface area contributed by atoms with Crippen molar-refractivity contribution in [1.82, 2.24) is 4.98 Å². The smallest absolute Gasteiger partial charge is 0.138 e. The van der Waals surface area contributed by atoms with E-state index in [9.17, 15) is 0 Å². The first-order valence-electron chi connectivity index (χ1n) is 4.63. The van der Waals surface area contributed by atoms with E-state index in [0.29, 0.717) is 13.2 Å². The van der Waals surface area contributed by atoms with Crippen molar-refractivity contribution >= 4 is 0 Å². The first kappa shape index (κ1) is 10.7. The van der Waals surface area contributed by atoms with Gasteiger partial charge in [-0.1, -0.05) is 5.57 Å². The van der Waals surface area contributed by atoms with Crippen molar-refractivity contribution in [1.29, 1.82) is 0 Å². The van der Waals surface area contributed by atoms with Gasteiger partial charge in [0.15, 0.2) is 0 Å². The molecule has 0 saturated carbocycles. The highest BCUT2D eigenvalue weighted by molar-refractivity contribution is 5.20. The van der Waals surface area contributed by atoms with E-state index in [1.54, 1.807) is 6.20 Å². The Balaban J connectivity index is 2.48. The number of allylic oxidation sites excluding steroid dienone is 1. The summed E-state index contributed by atoms with van der Waals surface area (Å²) in [5.41, 5.74) is 7.55. The van der Waals surface area contributed by atoms with E-state index < -0.39 is 0 Å². The summed E-state index contributed by atoms with van der Waals surface area (Å²) in [6.45, 7) is 5.14. The number of nitrogens with two attached hydrogens (primary N) is 1. The quantitative estimate of drug-likeness (QED) is 0.741. The molecule has 0 atom stereocenters. The molecule has 3 nitrogen and oxygen atoms in total. The minimum atomic E-state index is 0.467. The zero-order valence-corrected chi connectivity index (χ0v) is 8.66. The van der Waals surface area contributed by atoms with Gasteiger partial charge in [-0.05, 0) is 32.1 Å². The zero-order valence-electron chi connectivity index (χ0n) is 8.66. The maximum absolute atomic E-state index is 5.44. The second-order valence-electron chi connectivity index (χ2n) is 3.28. The summed E-state index contributed by atoms with van der Waals surface area (Å²) in [6, 6.07) is 3.76. The molecule has 0 spiro atoms. The molecule has 0 saturated heterocycles. The van der Waals surface area contributed by atoms with Crippen molar-refractivity contribution in [3.63, 3.8) is 0 Å². The number of rotatable bonds is 4. The van der Waals surface area contributed by atoms with Crippen LogP contribution in [0.15, 0.2) is 30.0 Å². The summed E-state index contributed by atoms with van der Waals surface area (Å²) in [6.07, 6.45) is 3.72. The molecule has 0 bridgehead atoms. The third kappa shape index (κ3) is 3.58. The molecule has 0 radical (unpaired) electrons. The van der Waals surface area contributed by atoms with Crippen molar-refractivity contribution < 1.29 is 4.74 Å². The molecule has 3 heteroatoms. The van der Waals surface area contributed by atoms with E-state index in [4.69, 9.17) is 10.5 Å². The first-order chi connectivity index (χ1) is 6.72. The predicted octanol–water partition coefficient (Wildman–Crippen LogP) is 1.89. The highest BCUT2D eigenvalue weighted by Crippen LogP contribution is 2.08. The summed E-state index contributed by atoms with van der Waals surface area (Å²) < 4.78 is 5.44. The van der Waals surface area contributed by atoms with Gasteiger partial charge in [0.2, 0.25) is 0 Å². The maximum Gasteiger partial charge on any atom is 0.138 e. The number of pyridine rings is 1. The Kier molecular flexibility index (Phi) is 4.13. The van der Waals surface area contributed by atoms with Crippen LogP contribution in [0.4, 0.5) is 0 Å². The average Bonchev–Trinajstić information content (AvgIpc) is 2.18. The fraction of sp³-hybridized carbons (Fsp3) is 0.364. The highest BCUT2D eigenvalue weighted by Gasteiger charge is 1.93. The normalized spacial score (nSPS) is 9.64. The Bertz CT molecular complexity index is 300. The molecule has 0 unspecified atom stereocenters. The largest absolute Gasteiger partial charge is 0.488 e. The summed E-state index contributed by atoms with van der Waals surface area (Å²) in [5.74, 6) is 0.778. The molecule has 76 valence electrons. The summed E-state index contributed by atoms with van der Waals surface area (Å²) in [5, 5.41) is 0. The van der Waals surface area contributed by atoms with E-state index in [1.807, 2.05) is 32.1 Å². The Labute approximate surface area is 84.6 Å². The average molecular weight is 192 g/mol. The third-order valence-corrected chi connectivity index (χ3v) is 1.75. The number of ether oxygens (including phenoxy) is 1. The fourth-order valence-electron chi connectivity index (χ4n) is 0.922. The molecule has 0 amide bonds. The molecule has 0 aliphatic rings. The van der Waals surface area contributed by atoms with E-state index in [-0.39, 0.29) is 0 Å². The van der Waals surface area contributed by atoms with Gasteiger partial charge >= 0.3 is 0 Å². The van der Waals surface area contributed by atoms with Crippen molar-refractivity contribution in [2.24, 2.45) is 5.73 Å². The lowest BCUT2D eigenvalue weighted by molar-refractivity contribution is 0.360. The molecule has 0 fully saturated rings. The summed E-state index contributed by atoms with van der Waals surface area (Å²) in [7, 11) is 0. The number of hydrogen-bond donors (Lipinski definition) is 1. The molecule has 14 heavy (non-hydrogen) atoms. The lowest BCUT2D eigenvalue weighted by atomic mass is 10.3. The minimum Gasteiger partial charge on any atom is -0.488 e. The Morgan fingerprint density at radius 3 is 2.79 bits per heavy atom. The van der Waals surface area contributed by atoms with Gasteiger partial charge in [0.25, 0.3) is 0 Å². The third-order valence-electron chi connectivity index (χ3n) is 1.75. The SMILES string of the molecule is CC(C)=CCOc1ccc(CN)nc1. The molecule has 1 aromatic heterocycles. The summed E-state index contributed by atoms with van der Waals surface area (Å²) in [4.78, 5) is 4.12. The van der Waals surface area contributed by atoms with E-state index in [2.05, 4.69) is 4.98 Å². The topological polar surface area (TPSA) is 48.1 Å². The number of hydrogen-bond acceptors (Lipinski definition) is 3. The molecular weight excluding hydrogens is 176 g/mol. The first-order valence-corrected chi connectivity index (χ1v) is 4.63. The van der Waals surface area contributed by atoms with Crippen LogP contribution in [0.1, 0.15) is 19.5 Å². The van der Waals surface area contributed by atoms with Gasteiger partial charge in [-0.3, -0.25) is 4.98 Å². The van der Waals surface area contributed by atoms with Crippen LogP contribution in [0.3, 0.4) is 0 Å². The van der Waals surface area contributed by atoms with E-state index >= 15 is 0 Å². The fourth-order valence-corrected chi connectivity index (χ4v) is 0.922. The van der Waals surface area contributed by atoms with Crippen molar-refractivity contribution in [3.05, 3.63) is 35.7 Å². The number of aromatic nitrogens is 1. The lowest BCUT2D eigenvalue weighted by Crippen LogP contribution is -2.00. The monoisotopic (exact) mass is 192 g/mol. The van der Waals surface area contributed by atoms with Crippen molar-refractivity contribution in [2.75, 3.05) is 6.61 Å². The molecule has 1 aromatic rings. The Hall–Kier alpha value is -1.35. The van der Waals surface area contributed by atoms with Crippen LogP contribution in [0.5, 0.6) is 5.75 Å². The van der Waals surface area contributed by atoms with Crippen molar-refractivity contribution in [3.8, 4) is 5.75 Å². The van der Waals surface area contributed by atoms with Gasteiger partial charge < -0.3 is 10.5 Å². The van der Waals surface area contributed by atoms with Crippen LogP contribution < -0.4 is 10.5 Å². The lowest BCUT2D eigenvalue weighted by Gasteiger charge is -2.03. The standard InChI is InChI=1S/C11H16N2O/c1-9(2)5-6-14-11-4-3-10(7-12)13-8-11/h3-5,8H,6-7,12H2,1-2H3. The molecule has 0 aromatic carbocycles. The van der Waals surface area contributed by atoms with Crippen LogP contribution in [-0.4, -0.2) is 11.6 Å². The van der Waals surface area contributed by atoms with Crippen molar-refractivity contribution in [2.45, 2.75) is 20.4 Å². The van der Waals surface area contributed by atoms with Gasteiger partial charge in [-0.25, -0.2) is 0 Å². The molecule has 0 aliphatic carbocycles. The van der Waals surface area contributed by atoms with Gasteiger partial charge in [0, 0.05) is 6.54 Å². The van der Waals surface area contributed by atoms with E-state index in [0.717, 1.165) is 11.4 Å². The molecule has 1 heterocycles. The Morgan fingerprint density at radius 1 is 1.50 bits per heavy atom. The second-order valence-corrected chi connectivity index (χ2v) is 3.28. The van der Waals surface area contributed by atoms with E-state index in [1.165, 1.54) is 5.57 Å². The second kappa shape index (κ2) is 5.40. The van der Waals surface area contributed by atoms with Gasteiger partial charge in [-0.15, -0.1) is 0 Å². The predicted molar refractivity (Wildman–Crippen MR) is 57.1 cm³/mol. The Morgan fingerprint density at radius 2 is 2.29 bits per heavy atom. The minimum absolute atomic E-state index is 0.467. The van der Waals surface area contributed by atoms with Crippen LogP contribution in [0, 0.1) is 0 Å². The van der Waals surface area contributed by atoms with Gasteiger partial charge in [0.1, 0.15) is 12.4 Å². The highest BCUT2D eigenvalue weighted by atomic mass is 16.5. The van der Waals surface area contributed by atoms with Crippen LogP contribution in [-0.2, 0) is 6.54 Å². The molecular formula is C11H16N2O. The number of nitrogens with zero attached hydrogens (tertiary/aromatic N) is 1. The van der Waals surface area contributed by atoms with Crippen LogP contribution in [0.2, 0.25) is 0 Å². The molecule has 0 aliphatic heterocycles. The maximum atomic E-state index is 5.44. The van der Waals surface area contributed by atoms with Gasteiger partial charge in [-0.2, -0.15) is 0 Å². The molecule has 2 N–H and O–H groups in total.